The van der Waals surface area contributed by atoms with E-state index < -0.39 is 30.1 Å². The van der Waals surface area contributed by atoms with Gasteiger partial charge >= 0.3 is 12.1 Å². The molecule has 0 aromatic heterocycles. The Morgan fingerprint density at radius 3 is 2.16 bits per heavy atom. The van der Waals surface area contributed by atoms with Crippen molar-refractivity contribution in [1.29, 1.82) is 0 Å². The summed E-state index contributed by atoms with van der Waals surface area (Å²) < 4.78 is 5.11. The third kappa shape index (κ3) is 8.47. The summed E-state index contributed by atoms with van der Waals surface area (Å²) >= 11 is 0. The molecule has 170 valence electrons. The van der Waals surface area contributed by atoms with Crippen LogP contribution in [0.1, 0.15) is 30.9 Å². The van der Waals surface area contributed by atoms with Gasteiger partial charge in [-0.1, -0.05) is 42.5 Å². The van der Waals surface area contributed by atoms with Crippen molar-refractivity contribution in [3.63, 3.8) is 0 Å². The SMILES string of the molecule is CC(=O)[C@H](Cc1ccc(O)cc1)NC(=O)[C@@H](CCC(=O)O)NC(=O)OCc1ccccc1. The number of amides is 2. The van der Waals surface area contributed by atoms with Crippen LogP contribution < -0.4 is 10.6 Å². The Morgan fingerprint density at radius 2 is 1.56 bits per heavy atom. The van der Waals surface area contributed by atoms with Gasteiger partial charge in [-0.3, -0.25) is 14.4 Å². The summed E-state index contributed by atoms with van der Waals surface area (Å²) in [5.74, 6) is -2.06. The average Bonchev–Trinajstić information content (AvgIpc) is 2.76. The van der Waals surface area contributed by atoms with Crippen LogP contribution in [0.15, 0.2) is 54.6 Å². The summed E-state index contributed by atoms with van der Waals surface area (Å²) in [6.45, 7) is 1.30. The minimum atomic E-state index is -1.20. The van der Waals surface area contributed by atoms with E-state index in [-0.39, 0.29) is 37.4 Å². The molecule has 2 atom stereocenters. The van der Waals surface area contributed by atoms with E-state index in [1.807, 2.05) is 6.07 Å². The second-order valence-electron chi connectivity index (χ2n) is 7.23. The topological polar surface area (TPSA) is 142 Å². The highest BCUT2D eigenvalue weighted by Crippen LogP contribution is 2.12. The van der Waals surface area contributed by atoms with E-state index >= 15 is 0 Å². The highest BCUT2D eigenvalue weighted by molar-refractivity contribution is 5.91. The molecule has 0 bridgehead atoms. The van der Waals surface area contributed by atoms with Crippen LogP contribution in [0.5, 0.6) is 5.75 Å². The average molecular weight is 442 g/mol. The number of aliphatic carboxylic acids is 1. The third-order valence-corrected chi connectivity index (χ3v) is 4.65. The highest BCUT2D eigenvalue weighted by atomic mass is 16.5. The van der Waals surface area contributed by atoms with Crippen LogP contribution in [0.4, 0.5) is 4.79 Å². The number of ether oxygens (including phenoxy) is 1. The number of carbonyl (C=O) groups is 4. The van der Waals surface area contributed by atoms with E-state index in [1.54, 1.807) is 36.4 Å². The van der Waals surface area contributed by atoms with E-state index in [1.165, 1.54) is 19.1 Å². The molecule has 32 heavy (non-hydrogen) atoms. The molecule has 2 aromatic carbocycles. The standard InChI is InChI=1S/C23H26N2O7/c1-15(26)20(13-16-7-9-18(27)10-8-16)24-22(30)19(11-12-21(28)29)25-23(31)32-14-17-5-3-2-4-6-17/h2-10,19-20,27H,11-14H2,1H3,(H,24,30)(H,25,31)(H,28,29)/t19-,20+/m1/s1. The number of nitrogens with one attached hydrogen (secondary N) is 2. The second-order valence-corrected chi connectivity index (χ2v) is 7.23. The molecule has 2 aromatic rings. The number of Topliss-reactive ketones (excluding diaryl/α,β-unsaturated/α-hetero) is 1. The number of hydrogen-bond donors (Lipinski definition) is 4. The van der Waals surface area contributed by atoms with Crippen molar-refractivity contribution in [3.8, 4) is 5.75 Å². The molecule has 0 radical (unpaired) electrons. The van der Waals surface area contributed by atoms with Gasteiger partial charge in [-0.05, 0) is 43.0 Å². The van der Waals surface area contributed by atoms with Gasteiger partial charge in [0.2, 0.25) is 5.91 Å². The molecular formula is C23H26N2O7. The van der Waals surface area contributed by atoms with E-state index in [0.717, 1.165) is 5.56 Å². The summed E-state index contributed by atoms with van der Waals surface area (Å²) in [6.07, 6.45) is -1.24. The largest absolute Gasteiger partial charge is 0.508 e. The lowest BCUT2D eigenvalue weighted by Gasteiger charge is -2.22. The highest BCUT2D eigenvalue weighted by Gasteiger charge is 2.26. The molecule has 0 heterocycles. The van der Waals surface area contributed by atoms with Crippen molar-refractivity contribution in [2.45, 2.75) is 44.9 Å². The van der Waals surface area contributed by atoms with Gasteiger partial charge in [0.25, 0.3) is 0 Å². The van der Waals surface area contributed by atoms with E-state index in [4.69, 9.17) is 9.84 Å². The Hall–Kier alpha value is -3.88. The lowest BCUT2D eigenvalue weighted by atomic mass is 10.0. The molecule has 0 aliphatic heterocycles. The maximum atomic E-state index is 12.8. The van der Waals surface area contributed by atoms with Crippen molar-refractivity contribution in [3.05, 3.63) is 65.7 Å². The fourth-order valence-electron chi connectivity index (χ4n) is 2.88. The van der Waals surface area contributed by atoms with E-state index in [0.29, 0.717) is 5.56 Å². The zero-order valence-corrected chi connectivity index (χ0v) is 17.6. The molecule has 0 aliphatic carbocycles. The number of hydrogen-bond acceptors (Lipinski definition) is 6. The van der Waals surface area contributed by atoms with Gasteiger partial charge in [-0.25, -0.2) is 4.79 Å². The molecule has 9 heteroatoms. The maximum Gasteiger partial charge on any atom is 0.408 e. The Bertz CT molecular complexity index is 929. The molecule has 0 saturated carbocycles. The second kappa shape index (κ2) is 12.1. The normalized spacial score (nSPS) is 12.3. The maximum absolute atomic E-state index is 12.8. The van der Waals surface area contributed by atoms with Crippen LogP contribution in [0, 0.1) is 0 Å². The molecule has 0 fully saturated rings. The van der Waals surface area contributed by atoms with Crippen molar-refractivity contribution in [2.75, 3.05) is 0 Å². The molecular weight excluding hydrogens is 416 g/mol. The monoisotopic (exact) mass is 442 g/mol. The van der Waals surface area contributed by atoms with Crippen LogP contribution in [0.3, 0.4) is 0 Å². The fourth-order valence-corrected chi connectivity index (χ4v) is 2.88. The van der Waals surface area contributed by atoms with Gasteiger partial charge in [0.1, 0.15) is 18.4 Å². The van der Waals surface area contributed by atoms with Crippen LogP contribution in [-0.2, 0) is 32.1 Å². The van der Waals surface area contributed by atoms with Crippen LogP contribution in [-0.4, -0.2) is 46.0 Å². The number of carboxylic acid groups (broad SMARTS) is 1. The van der Waals surface area contributed by atoms with Crippen molar-refractivity contribution in [2.24, 2.45) is 0 Å². The lowest BCUT2D eigenvalue weighted by molar-refractivity contribution is -0.137. The minimum absolute atomic E-state index is 0.0170. The summed E-state index contributed by atoms with van der Waals surface area (Å²) in [6, 6.07) is 13.0. The van der Waals surface area contributed by atoms with Crippen LogP contribution in [0.25, 0.3) is 0 Å². The first kappa shape index (κ1) is 24.4. The van der Waals surface area contributed by atoms with Gasteiger partial charge in [0.15, 0.2) is 5.78 Å². The van der Waals surface area contributed by atoms with Crippen LogP contribution >= 0.6 is 0 Å². The summed E-state index contributed by atoms with van der Waals surface area (Å²) in [5.41, 5.74) is 1.46. The predicted octanol–water partition coefficient (Wildman–Crippen LogP) is 2.17. The van der Waals surface area contributed by atoms with Crippen LogP contribution in [0.2, 0.25) is 0 Å². The van der Waals surface area contributed by atoms with Gasteiger partial charge < -0.3 is 25.6 Å². The Balaban J connectivity index is 2.01. The zero-order chi connectivity index (χ0) is 23.5. The molecule has 0 spiro atoms. The molecule has 0 aliphatic rings. The number of aromatic hydroxyl groups is 1. The van der Waals surface area contributed by atoms with Gasteiger partial charge in [0.05, 0.1) is 6.04 Å². The number of benzene rings is 2. The number of phenolic OH excluding ortho intramolecular Hbond substituents is 1. The van der Waals surface area contributed by atoms with Gasteiger partial charge in [0, 0.05) is 6.42 Å². The molecule has 2 amide bonds. The molecule has 0 saturated heterocycles. The smallest absolute Gasteiger partial charge is 0.408 e. The number of phenols is 1. The molecule has 9 nitrogen and oxygen atoms in total. The first-order chi connectivity index (χ1) is 15.2. The quantitative estimate of drug-likeness (QED) is 0.418. The number of ketones is 1. The first-order valence-electron chi connectivity index (χ1n) is 10.0. The molecule has 2 rings (SSSR count). The predicted molar refractivity (Wildman–Crippen MR) is 115 cm³/mol. The van der Waals surface area contributed by atoms with Crippen molar-refractivity contribution in [1.82, 2.24) is 10.6 Å². The molecule has 0 unspecified atom stereocenters. The Kier molecular flexibility index (Phi) is 9.22. The van der Waals surface area contributed by atoms with Gasteiger partial charge in [-0.2, -0.15) is 0 Å². The summed E-state index contributed by atoms with van der Waals surface area (Å²) in [7, 11) is 0. The van der Waals surface area contributed by atoms with E-state index in [2.05, 4.69) is 10.6 Å². The third-order valence-electron chi connectivity index (χ3n) is 4.65. The first-order valence-corrected chi connectivity index (χ1v) is 10.0. The van der Waals surface area contributed by atoms with Crippen molar-refractivity contribution < 1.29 is 34.1 Å². The lowest BCUT2D eigenvalue weighted by Crippen LogP contribution is -2.52. The number of carbonyl (C=O) groups excluding carboxylic acids is 3. The number of alkyl carbamates (subject to hydrolysis) is 1. The van der Waals surface area contributed by atoms with Crippen molar-refractivity contribution >= 4 is 23.8 Å². The Morgan fingerprint density at radius 1 is 0.906 bits per heavy atom. The number of carboxylic acids is 1. The molecule has 4 N–H and O–H groups in total. The minimum Gasteiger partial charge on any atom is -0.508 e. The summed E-state index contributed by atoms with van der Waals surface area (Å²) in [5, 5.41) is 23.3. The number of rotatable bonds is 11. The van der Waals surface area contributed by atoms with Gasteiger partial charge in [-0.15, -0.1) is 0 Å². The fraction of sp³-hybridized carbons (Fsp3) is 0.304. The van der Waals surface area contributed by atoms with E-state index in [9.17, 15) is 24.3 Å². The Labute approximate surface area is 185 Å². The zero-order valence-electron chi connectivity index (χ0n) is 17.6. The summed E-state index contributed by atoms with van der Waals surface area (Å²) in [4.78, 5) is 47.9.